The number of piperazine rings is 1. The molecule has 14 heavy (non-hydrogen) atoms. The Kier molecular flexibility index (Phi) is 3.71. The summed E-state index contributed by atoms with van der Waals surface area (Å²) in [6.45, 7) is 5.58. The van der Waals surface area contributed by atoms with Gasteiger partial charge in [0.05, 0.1) is 7.11 Å². The summed E-state index contributed by atoms with van der Waals surface area (Å²) < 4.78 is 4.70. The monoisotopic (exact) mass is 201 g/mol. The summed E-state index contributed by atoms with van der Waals surface area (Å²) in [6.07, 6.45) is -0.237. The second-order valence-corrected chi connectivity index (χ2v) is 3.70. The smallest absolute Gasteiger partial charge is 0.409 e. The lowest BCUT2D eigenvalue weighted by atomic mass is 10.1. The molecule has 0 spiro atoms. The molecule has 5 nitrogen and oxygen atoms in total. The van der Waals surface area contributed by atoms with Crippen molar-refractivity contribution in [3.8, 4) is 0 Å². The van der Waals surface area contributed by atoms with E-state index in [0.717, 1.165) is 0 Å². The zero-order valence-corrected chi connectivity index (χ0v) is 9.28. The third-order valence-corrected chi connectivity index (χ3v) is 2.61. The fourth-order valence-electron chi connectivity index (χ4n) is 2.04. The number of hydrogen-bond acceptors (Lipinski definition) is 4. The summed E-state index contributed by atoms with van der Waals surface area (Å²) in [5.41, 5.74) is 3.14. The average Bonchev–Trinajstić information content (AvgIpc) is 2.16. The Hall–Kier alpha value is -0.810. The molecule has 0 aromatic rings. The highest BCUT2D eigenvalue weighted by atomic mass is 16.5. The van der Waals surface area contributed by atoms with Crippen molar-refractivity contribution >= 4 is 6.09 Å². The number of amides is 1. The maximum absolute atomic E-state index is 11.3. The predicted octanol–water partition coefficient (Wildman–Crippen LogP) is 0.282. The Morgan fingerprint density at radius 1 is 1.36 bits per heavy atom. The molecule has 1 saturated heterocycles. The molecular formula is C9H19N3O2. The number of hydrogen-bond donors (Lipinski definition) is 1. The van der Waals surface area contributed by atoms with Gasteiger partial charge in [-0.15, -0.1) is 0 Å². The zero-order chi connectivity index (χ0) is 10.7. The van der Waals surface area contributed by atoms with Gasteiger partial charge in [-0.3, -0.25) is 5.43 Å². The lowest BCUT2D eigenvalue weighted by Gasteiger charge is -2.43. The van der Waals surface area contributed by atoms with Crippen molar-refractivity contribution in [1.29, 1.82) is 0 Å². The van der Waals surface area contributed by atoms with Gasteiger partial charge in [0.25, 0.3) is 0 Å². The minimum Gasteiger partial charge on any atom is -0.453 e. The molecule has 1 fully saturated rings. The second-order valence-electron chi connectivity index (χ2n) is 3.70. The molecule has 1 aliphatic heterocycles. The van der Waals surface area contributed by atoms with Crippen LogP contribution in [-0.4, -0.2) is 55.3 Å². The molecule has 2 atom stereocenters. The van der Waals surface area contributed by atoms with Gasteiger partial charge in [0.2, 0.25) is 0 Å². The summed E-state index contributed by atoms with van der Waals surface area (Å²) in [7, 11) is 3.32. The second kappa shape index (κ2) is 4.61. The van der Waals surface area contributed by atoms with Crippen molar-refractivity contribution in [1.82, 2.24) is 15.3 Å². The van der Waals surface area contributed by atoms with Gasteiger partial charge in [-0.2, -0.15) is 0 Å². The van der Waals surface area contributed by atoms with Crippen LogP contribution in [0.5, 0.6) is 0 Å². The number of nitrogens with one attached hydrogen (secondary N) is 1. The molecule has 1 heterocycles. The molecule has 1 rings (SSSR count). The minimum absolute atomic E-state index is 0.237. The molecule has 1 N–H and O–H groups in total. The normalized spacial score (nSPS) is 29.0. The highest BCUT2D eigenvalue weighted by Gasteiger charge is 2.31. The van der Waals surface area contributed by atoms with Crippen LogP contribution in [0.3, 0.4) is 0 Å². The molecule has 5 heteroatoms. The van der Waals surface area contributed by atoms with Gasteiger partial charge in [-0.25, -0.2) is 9.80 Å². The van der Waals surface area contributed by atoms with E-state index in [1.54, 1.807) is 4.90 Å². The first kappa shape index (κ1) is 11.3. The van der Waals surface area contributed by atoms with Crippen molar-refractivity contribution in [3.05, 3.63) is 0 Å². The third-order valence-electron chi connectivity index (χ3n) is 2.61. The Balaban J connectivity index is 2.60. The highest BCUT2D eigenvalue weighted by molar-refractivity contribution is 5.67. The van der Waals surface area contributed by atoms with E-state index in [1.165, 1.54) is 7.11 Å². The van der Waals surface area contributed by atoms with E-state index >= 15 is 0 Å². The molecule has 0 aliphatic carbocycles. The van der Waals surface area contributed by atoms with Crippen LogP contribution in [0.2, 0.25) is 0 Å². The molecule has 0 aromatic heterocycles. The first-order chi connectivity index (χ1) is 6.60. The van der Waals surface area contributed by atoms with Crippen LogP contribution in [0, 0.1) is 0 Å². The highest BCUT2D eigenvalue weighted by Crippen LogP contribution is 2.13. The first-order valence-corrected chi connectivity index (χ1v) is 4.88. The Morgan fingerprint density at radius 3 is 2.21 bits per heavy atom. The molecule has 0 saturated carbocycles. The van der Waals surface area contributed by atoms with E-state index in [4.69, 9.17) is 4.74 Å². The van der Waals surface area contributed by atoms with Gasteiger partial charge in [0, 0.05) is 25.2 Å². The Labute approximate surface area is 85.0 Å². The van der Waals surface area contributed by atoms with Crippen molar-refractivity contribution < 1.29 is 9.53 Å². The zero-order valence-electron chi connectivity index (χ0n) is 9.28. The standard InChI is InChI=1S/C9H19N3O2/c1-7-5-11(9(13)14-4)6-8(2)12(7)10-3/h7-8,10H,5-6H2,1-4H3/t7-,8+. The van der Waals surface area contributed by atoms with Crippen molar-refractivity contribution in [3.63, 3.8) is 0 Å². The van der Waals surface area contributed by atoms with Crippen LogP contribution in [-0.2, 0) is 4.74 Å². The third kappa shape index (κ3) is 2.16. The molecule has 1 amide bonds. The fraction of sp³-hybridized carbons (Fsp3) is 0.889. The van der Waals surface area contributed by atoms with E-state index in [1.807, 2.05) is 7.05 Å². The largest absolute Gasteiger partial charge is 0.453 e. The Bertz CT molecular complexity index is 198. The summed E-state index contributed by atoms with van der Waals surface area (Å²) in [4.78, 5) is 13.1. The van der Waals surface area contributed by atoms with Gasteiger partial charge in [-0.1, -0.05) is 0 Å². The van der Waals surface area contributed by atoms with E-state index in [9.17, 15) is 4.79 Å². The fourth-order valence-corrected chi connectivity index (χ4v) is 2.04. The summed E-state index contributed by atoms with van der Waals surface area (Å²) >= 11 is 0. The maximum atomic E-state index is 11.3. The molecular weight excluding hydrogens is 182 g/mol. The number of methoxy groups -OCH3 is 1. The van der Waals surface area contributed by atoms with Gasteiger partial charge < -0.3 is 9.64 Å². The molecule has 0 aromatic carbocycles. The summed E-state index contributed by atoms with van der Waals surface area (Å²) in [5.74, 6) is 0. The topological polar surface area (TPSA) is 44.8 Å². The van der Waals surface area contributed by atoms with Crippen molar-refractivity contribution in [2.24, 2.45) is 0 Å². The van der Waals surface area contributed by atoms with E-state index < -0.39 is 0 Å². The SMILES string of the molecule is CNN1[C@H](C)CN(C(=O)OC)C[C@@H]1C. The predicted molar refractivity (Wildman–Crippen MR) is 53.8 cm³/mol. The van der Waals surface area contributed by atoms with Crippen LogP contribution >= 0.6 is 0 Å². The maximum Gasteiger partial charge on any atom is 0.409 e. The minimum atomic E-state index is -0.237. The van der Waals surface area contributed by atoms with Crippen LogP contribution in [0.15, 0.2) is 0 Å². The van der Waals surface area contributed by atoms with Crippen LogP contribution in [0.25, 0.3) is 0 Å². The molecule has 1 aliphatic rings. The van der Waals surface area contributed by atoms with Gasteiger partial charge in [0.1, 0.15) is 0 Å². The molecule has 0 bridgehead atoms. The average molecular weight is 201 g/mol. The quantitative estimate of drug-likeness (QED) is 0.662. The Morgan fingerprint density at radius 2 is 1.86 bits per heavy atom. The van der Waals surface area contributed by atoms with E-state index in [0.29, 0.717) is 25.2 Å². The number of carbonyl (C=O) groups excluding carboxylic acids is 1. The number of rotatable bonds is 1. The lowest BCUT2D eigenvalue weighted by molar-refractivity contribution is 0.00721. The first-order valence-electron chi connectivity index (χ1n) is 4.88. The van der Waals surface area contributed by atoms with E-state index in [2.05, 4.69) is 24.3 Å². The van der Waals surface area contributed by atoms with Gasteiger partial charge in [-0.05, 0) is 20.9 Å². The number of ether oxygens (including phenoxy) is 1. The number of nitrogens with zero attached hydrogens (tertiary/aromatic N) is 2. The van der Waals surface area contributed by atoms with Gasteiger partial charge in [0.15, 0.2) is 0 Å². The van der Waals surface area contributed by atoms with Crippen molar-refractivity contribution in [2.45, 2.75) is 25.9 Å². The number of hydrazine groups is 1. The summed E-state index contributed by atoms with van der Waals surface area (Å²) in [6, 6.07) is 0.616. The van der Waals surface area contributed by atoms with Gasteiger partial charge >= 0.3 is 6.09 Å². The lowest BCUT2D eigenvalue weighted by Crippen LogP contribution is -2.61. The molecule has 82 valence electrons. The molecule has 0 radical (unpaired) electrons. The van der Waals surface area contributed by atoms with Crippen LogP contribution in [0.1, 0.15) is 13.8 Å². The molecule has 0 unspecified atom stereocenters. The number of carbonyl (C=O) groups is 1. The van der Waals surface area contributed by atoms with Crippen molar-refractivity contribution in [2.75, 3.05) is 27.2 Å². The van der Waals surface area contributed by atoms with Crippen LogP contribution in [0.4, 0.5) is 4.79 Å². The summed E-state index contributed by atoms with van der Waals surface area (Å²) in [5, 5.41) is 2.15. The van der Waals surface area contributed by atoms with Crippen LogP contribution < -0.4 is 5.43 Å². The van der Waals surface area contributed by atoms with E-state index in [-0.39, 0.29) is 6.09 Å².